The van der Waals surface area contributed by atoms with Gasteiger partial charge in [0.2, 0.25) is 0 Å². The Morgan fingerprint density at radius 1 is 1.18 bits per heavy atom. The summed E-state index contributed by atoms with van der Waals surface area (Å²) >= 11 is 0. The zero-order valence-electron chi connectivity index (χ0n) is 12.7. The second-order valence-electron chi connectivity index (χ2n) is 4.91. The molecular formula is C17H18FNO3. The minimum atomic E-state index is -0.726. The number of ether oxygens (including phenoxy) is 2. The van der Waals surface area contributed by atoms with Crippen molar-refractivity contribution >= 4 is 11.6 Å². The number of nitrogens with one attached hydrogen (secondary N) is 1. The van der Waals surface area contributed by atoms with E-state index in [0.717, 1.165) is 5.56 Å². The molecule has 1 N–H and O–H groups in total. The lowest BCUT2D eigenvalue weighted by Crippen LogP contribution is -2.30. The van der Waals surface area contributed by atoms with Crippen LogP contribution in [0.4, 0.5) is 10.1 Å². The summed E-state index contributed by atoms with van der Waals surface area (Å²) in [5, 5.41) is 2.77. The van der Waals surface area contributed by atoms with Crippen LogP contribution in [-0.2, 0) is 4.79 Å². The van der Waals surface area contributed by atoms with E-state index in [0.29, 0.717) is 17.2 Å². The molecule has 0 aliphatic heterocycles. The number of amides is 1. The van der Waals surface area contributed by atoms with Gasteiger partial charge >= 0.3 is 0 Å². The maximum absolute atomic E-state index is 12.8. The summed E-state index contributed by atoms with van der Waals surface area (Å²) < 4.78 is 23.5. The van der Waals surface area contributed by atoms with Crippen LogP contribution in [0.3, 0.4) is 0 Å². The molecule has 2 aromatic carbocycles. The number of methoxy groups -OCH3 is 1. The highest BCUT2D eigenvalue weighted by Gasteiger charge is 2.16. The first-order valence-electron chi connectivity index (χ1n) is 6.87. The van der Waals surface area contributed by atoms with Gasteiger partial charge in [0.25, 0.3) is 5.91 Å². The molecule has 4 nitrogen and oxygen atoms in total. The summed E-state index contributed by atoms with van der Waals surface area (Å²) in [6.07, 6.45) is -0.726. The molecule has 116 valence electrons. The summed E-state index contributed by atoms with van der Waals surface area (Å²) in [4.78, 5) is 12.2. The van der Waals surface area contributed by atoms with Crippen LogP contribution in [0.25, 0.3) is 0 Å². The summed E-state index contributed by atoms with van der Waals surface area (Å²) in [5.41, 5.74) is 1.59. The zero-order chi connectivity index (χ0) is 16.1. The Labute approximate surface area is 128 Å². The standard InChI is InChI=1S/C17H18FNO3/c1-11-4-9-16(21-3)15(10-11)19-17(20)12(2)22-14-7-5-13(18)6-8-14/h4-10,12H,1-3H3,(H,19,20). The zero-order valence-corrected chi connectivity index (χ0v) is 12.7. The Kier molecular flexibility index (Phi) is 4.99. The van der Waals surface area contributed by atoms with Gasteiger partial charge < -0.3 is 14.8 Å². The Hall–Kier alpha value is -2.56. The highest BCUT2D eigenvalue weighted by molar-refractivity contribution is 5.95. The second kappa shape index (κ2) is 6.93. The summed E-state index contributed by atoms with van der Waals surface area (Å²) in [6.45, 7) is 3.55. The van der Waals surface area contributed by atoms with Crippen molar-refractivity contribution in [2.75, 3.05) is 12.4 Å². The minimum Gasteiger partial charge on any atom is -0.495 e. The van der Waals surface area contributed by atoms with Crippen molar-refractivity contribution in [3.8, 4) is 11.5 Å². The van der Waals surface area contributed by atoms with E-state index < -0.39 is 6.10 Å². The van der Waals surface area contributed by atoms with E-state index in [1.165, 1.54) is 24.3 Å². The van der Waals surface area contributed by atoms with Crippen LogP contribution in [0.2, 0.25) is 0 Å². The molecule has 0 saturated carbocycles. The van der Waals surface area contributed by atoms with Crippen LogP contribution in [0.1, 0.15) is 12.5 Å². The topological polar surface area (TPSA) is 47.6 Å². The number of carbonyl (C=O) groups is 1. The quantitative estimate of drug-likeness (QED) is 0.919. The van der Waals surface area contributed by atoms with Crippen molar-refractivity contribution in [2.24, 2.45) is 0 Å². The van der Waals surface area contributed by atoms with Gasteiger partial charge in [-0.15, -0.1) is 0 Å². The average Bonchev–Trinajstić information content (AvgIpc) is 2.49. The van der Waals surface area contributed by atoms with Gasteiger partial charge in [0.15, 0.2) is 6.10 Å². The van der Waals surface area contributed by atoms with E-state index >= 15 is 0 Å². The second-order valence-corrected chi connectivity index (χ2v) is 4.91. The maximum Gasteiger partial charge on any atom is 0.265 e. The van der Waals surface area contributed by atoms with Crippen LogP contribution in [0.15, 0.2) is 42.5 Å². The first-order valence-corrected chi connectivity index (χ1v) is 6.87. The third-order valence-corrected chi connectivity index (χ3v) is 3.11. The number of hydrogen-bond donors (Lipinski definition) is 1. The van der Waals surface area contributed by atoms with Crippen molar-refractivity contribution in [3.63, 3.8) is 0 Å². The molecule has 1 amide bonds. The molecule has 0 fully saturated rings. The number of hydrogen-bond acceptors (Lipinski definition) is 3. The first kappa shape index (κ1) is 15.8. The highest BCUT2D eigenvalue weighted by Crippen LogP contribution is 2.25. The van der Waals surface area contributed by atoms with E-state index in [1.54, 1.807) is 20.1 Å². The van der Waals surface area contributed by atoms with Gasteiger partial charge in [0.05, 0.1) is 12.8 Å². The van der Waals surface area contributed by atoms with Crippen LogP contribution in [-0.4, -0.2) is 19.1 Å². The normalized spacial score (nSPS) is 11.6. The molecule has 2 aromatic rings. The van der Waals surface area contributed by atoms with Crippen molar-refractivity contribution in [3.05, 3.63) is 53.8 Å². The molecule has 0 radical (unpaired) electrons. The smallest absolute Gasteiger partial charge is 0.265 e. The molecule has 1 atom stereocenters. The van der Waals surface area contributed by atoms with Gasteiger partial charge in [0.1, 0.15) is 17.3 Å². The monoisotopic (exact) mass is 303 g/mol. The third-order valence-electron chi connectivity index (χ3n) is 3.11. The van der Waals surface area contributed by atoms with Gasteiger partial charge in [-0.25, -0.2) is 4.39 Å². The van der Waals surface area contributed by atoms with E-state index in [-0.39, 0.29) is 11.7 Å². The molecule has 22 heavy (non-hydrogen) atoms. The Morgan fingerprint density at radius 3 is 2.50 bits per heavy atom. The minimum absolute atomic E-state index is 0.312. The fourth-order valence-corrected chi connectivity index (χ4v) is 1.92. The SMILES string of the molecule is COc1ccc(C)cc1NC(=O)C(C)Oc1ccc(F)cc1. The molecule has 2 rings (SSSR count). The van der Waals surface area contributed by atoms with Gasteiger partial charge in [-0.3, -0.25) is 4.79 Å². The number of benzene rings is 2. The number of aryl methyl sites for hydroxylation is 1. The van der Waals surface area contributed by atoms with Crippen molar-refractivity contribution < 1.29 is 18.7 Å². The van der Waals surface area contributed by atoms with Gasteiger partial charge in [-0.1, -0.05) is 6.07 Å². The predicted octanol–water partition coefficient (Wildman–Crippen LogP) is 3.55. The van der Waals surface area contributed by atoms with Crippen LogP contribution in [0.5, 0.6) is 11.5 Å². The lowest BCUT2D eigenvalue weighted by molar-refractivity contribution is -0.122. The molecule has 0 heterocycles. The summed E-state index contributed by atoms with van der Waals surface area (Å²) in [5.74, 6) is 0.343. The van der Waals surface area contributed by atoms with E-state index in [1.807, 2.05) is 19.1 Å². The molecular weight excluding hydrogens is 285 g/mol. The van der Waals surface area contributed by atoms with Crippen LogP contribution in [0, 0.1) is 12.7 Å². The lowest BCUT2D eigenvalue weighted by Gasteiger charge is -2.16. The largest absolute Gasteiger partial charge is 0.495 e. The Bertz CT molecular complexity index is 655. The van der Waals surface area contributed by atoms with E-state index in [2.05, 4.69) is 5.32 Å². The van der Waals surface area contributed by atoms with Crippen LogP contribution >= 0.6 is 0 Å². The summed E-state index contributed by atoms with van der Waals surface area (Å²) in [7, 11) is 1.54. The number of anilines is 1. The van der Waals surface area contributed by atoms with Crippen molar-refractivity contribution in [1.29, 1.82) is 0 Å². The van der Waals surface area contributed by atoms with Crippen LogP contribution < -0.4 is 14.8 Å². The Balaban J connectivity index is 2.05. The van der Waals surface area contributed by atoms with Gasteiger partial charge in [0, 0.05) is 0 Å². The first-order chi connectivity index (χ1) is 10.5. The van der Waals surface area contributed by atoms with E-state index in [9.17, 15) is 9.18 Å². The van der Waals surface area contributed by atoms with E-state index in [4.69, 9.17) is 9.47 Å². The molecule has 0 bridgehead atoms. The average molecular weight is 303 g/mol. The number of rotatable bonds is 5. The Morgan fingerprint density at radius 2 is 1.86 bits per heavy atom. The number of halogens is 1. The fourth-order valence-electron chi connectivity index (χ4n) is 1.92. The summed E-state index contributed by atoms with van der Waals surface area (Å²) in [6, 6.07) is 11.0. The molecule has 1 unspecified atom stereocenters. The van der Waals surface area contributed by atoms with Crippen molar-refractivity contribution in [2.45, 2.75) is 20.0 Å². The molecule has 5 heteroatoms. The van der Waals surface area contributed by atoms with Gasteiger partial charge in [-0.2, -0.15) is 0 Å². The molecule has 0 spiro atoms. The number of carbonyl (C=O) groups excluding carboxylic acids is 1. The molecule has 0 saturated heterocycles. The fraction of sp³-hybridized carbons (Fsp3) is 0.235. The molecule has 0 aliphatic carbocycles. The maximum atomic E-state index is 12.8. The van der Waals surface area contributed by atoms with Gasteiger partial charge in [-0.05, 0) is 55.8 Å². The lowest BCUT2D eigenvalue weighted by atomic mass is 10.2. The molecule has 0 aliphatic rings. The third kappa shape index (κ3) is 3.97. The molecule has 0 aromatic heterocycles. The predicted molar refractivity (Wildman–Crippen MR) is 82.9 cm³/mol. The van der Waals surface area contributed by atoms with Crippen molar-refractivity contribution in [1.82, 2.24) is 0 Å². The highest BCUT2D eigenvalue weighted by atomic mass is 19.1.